The lowest BCUT2D eigenvalue weighted by atomic mass is 10.1. The monoisotopic (exact) mass is 250 g/mol. The lowest BCUT2D eigenvalue weighted by molar-refractivity contribution is 0.0695. The standard InChI is InChI=1S/C13H8F2O3/c1-3-5-8-9(13(16)17)7-10(14)12(11(8)15)18-6-4-2/h2,7H,6H2,1H3,(H,16,17). The second-order valence-corrected chi connectivity index (χ2v) is 3.10. The van der Waals surface area contributed by atoms with E-state index in [1.54, 1.807) is 0 Å². The summed E-state index contributed by atoms with van der Waals surface area (Å²) in [6, 6.07) is 0.650. The van der Waals surface area contributed by atoms with E-state index in [4.69, 9.17) is 16.3 Å². The van der Waals surface area contributed by atoms with Crippen molar-refractivity contribution in [3.05, 3.63) is 28.8 Å². The largest absolute Gasteiger partial charge is 0.478 e. The molecule has 0 heterocycles. The van der Waals surface area contributed by atoms with Crippen LogP contribution in [0.4, 0.5) is 8.78 Å². The highest BCUT2D eigenvalue weighted by Gasteiger charge is 2.22. The third kappa shape index (κ3) is 2.58. The fourth-order valence-corrected chi connectivity index (χ4v) is 1.26. The molecule has 1 rings (SSSR count). The van der Waals surface area contributed by atoms with Crippen molar-refractivity contribution in [2.75, 3.05) is 6.61 Å². The predicted molar refractivity (Wildman–Crippen MR) is 60.2 cm³/mol. The van der Waals surface area contributed by atoms with Gasteiger partial charge in [-0.25, -0.2) is 13.6 Å². The highest BCUT2D eigenvalue weighted by atomic mass is 19.1. The molecule has 0 aliphatic rings. The number of aromatic carboxylic acids is 1. The van der Waals surface area contributed by atoms with Gasteiger partial charge in [-0.1, -0.05) is 11.8 Å². The van der Waals surface area contributed by atoms with E-state index in [1.807, 2.05) is 0 Å². The summed E-state index contributed by atoms with van der Waals surface area (Å²) in [4.78, 5) is 10.9. The fourth-order valence-electron chi connectivity index (χ4n) is 1.26. The van der Waals surface area contributed by atoms with Crippen LogP contribution in [0.5, 0.6) is 5.75 Å². The van der Waals surface area contributed by atoms with Gasteiger partial charge >= 0.3 is 5.97 Å². The zero-order valence-electron chi connectivity index (χ0n) is 9.38. The minimum atomic E-state index is -1.48. The Morgan fingerprint density at radius 3 is 2.72 bits per heavy atom. The highest BCUT2D eigenvalue weighted by molar-refractivity contribution is 5.91. The summed E-state index contributed by atoms with van der Waals surface area (Å²) in [7, 11) is 0. The van der Waals surface area contributed by atoms with Gasteiger partial charge in [-0.05, 0) is 13.0 Å². The van der Waals surface area contributed by atoms with Crippen LogP contribution in [0, 0.1) is 35.8 Å². The Balaban J connectivity index is 3.49. The van der Waals surface area contributed by atoms with E-state index in [9.17, 15) is 13.6 Å². The number of hydrogen-bond acceptors (Lipinski definition) is 2. The first-order chi connectivity index (χ1) is 8.52. The summed E-state index contributed by atoms with van der Waals surface area (Å²) in [5, 5.41) is 8.83. The topological polar surface area (TPSA) is 46.5 Å². The zero-order chi connectivity index (χ0) is 13.7. The van der Waals surface area contributed by atoms with Gasteiger partial charge in [0.15, 0.2) is 17.4 Å². The van der Waals surface area contributed by atoms with Crippen LogP contribution < -0.4 is 4.74 Å². The molecule has 0 radical (unpaired) electrons. The number of ether oxygens (including phenoxy) is 1. The predicted octanol–water partition coefficient (Wildman–Crippen LogP) is 2.05. The van der Waals surface area contributed by atoms with Gasteiger partial charge in [0.05, 0.1) is 11.1 Å². The number of hydrogen-bond donors (Lipinski definition) is 1. The van der Waals surface area contributed by atoms with Crippen molar-refractivity contribution in [1.82, 2.24) is 0 Å². The Labute approximate surface area is 102 Å². The molecular formula is C13H8F2O3. The maximum atomic E-state index is 13.9. The van der Waals surface area contributed by atoms with Gasteiger partial charge < -0.3 is 9.84 Å². The first-order valence-corrected chi connectivity index (χ1v) is 4.77. The molecule has 0 spiro atoms. The Morgan fingerprint density at radius 2 is 2.22 bits per heavy atom. The van der Waals surface area contributed by atoms with Crippen molar-refractivity contribution in [2.24, 2.45) is 0 Å². The molecule has 5 heteroatoms. The molecular weight excluding hydrogens is 242 g/mol. The number of carbonyl (C=O) groups is 1. The summed E-state index contributed by atoms with van der Waals surface area (Å²) in [6.07, 6.45) is 4.91. The molecule has 1 aromatic carbocycles. The molecule has 0 amide bonds. The van der Waals surface area contributed by atoms with Gasteiger partial charge in [-0.3, -0.25) is 0 Å². The molecule has 1 N–H and O–H groups in total. The van der Waals surface area contributed by atoms with Crippen LogP contribution in [0.1, 0.15) is 22.8 Å². The summed E-state index contributed by atoms with van der Waals surface area (Å²) < 4.78 is 32.0. The van der Waals surface area contributed by atoms with E-state index in [-0.39, 0.29) is 6.61 Å². The third-order valence-electron chi connectivity index (χ3n) is 1.96. The van der Waals surface area contributed by atoms with Gasteiger partial charge in [-0.2, -0.15) is 0 Å². The molecule has 0 aliphatic carbocycles. The summed E-state index contributed by atoms with van der Waals surface area (Å²) in [5.41, 5.74) is -0.995. The molecule has 0 saturated heterocycles. The second kappa shape index (κ2) is 5.70. The molecule has 1 aromatic rings. The van der Waals surface area contributed by atoms with Gasteiger partial charge in [0.25, 0.3) is 0 Å². The van der Waals surface area contributed by atoms with E-state index in [0.717, 1.165) is 0 Å². The van der Waals surface area contributed by atoms with E-state index < -0.39 is 34.5 Å². The minimum absolute atomic E-state index is 0.334. The van der Waals surface area contributed by atoms with Crippen molar-refractivity contribution in [3.63, 3.8) is 0 Å². The Bertz CT molecular complexity index is 589. The maximum absolute atomic E-state index is 13.9. The molecule has 0 aromatic heterocycles. The molecule has 0 bridgehead atoms. The molecule has 0 atom stereocenters. The summed E-state index contributed by atoms with van der Waals surface area (Å²) in [5.74, 6) is 2.16. The van der Waals surface area contributed by atoms with Gasteiger partial charge in [0.2, 0.25) is 0 Å². The smallest absolute Gasteiger partial charge is 0.337 e. The SMILES string of the molecule is C#CCOc1c(F)cc(C(=O)O)c(C#CC)c1F. The van der Waals surface area contributed by atoms with Crippen LogP contribution in [0.2, 0.25) is 0 Å². The zero-order valence-corrected chi connectivity index (χ0v) is 9.38. The molecule has 0 unspecified atom stereocenters. The Hall–Kier alpha value is -2.53. The molecule has 0 aliphatic heterocycles. The van der Waals surface area contributed by atoms with Crippen molar-refractivity contribution >= 4 is 5.97 Å². The normalized spacial score (nSPS) is 9.00. The number of carboxylic acids is 1. The minimum Gasteiger partial charge on any atom is -0.478 e. The average Bonchev–Trinajstić information content (AvgIpc) is 2.32. The molecule has 18 heavy (non-hydrogen) atoms. The number of halogens is 2. The number of terminal acetylenes is 1. The van der Waals surface area contributed by atoms with E-state index in [0.29, 0.717) is 6.07 Å². The molecule has 92 valence electrons. The summed E-state index contributed by atoms with van der Waals surface area (Å²) in [6.45, 7) is 1.07. The van der Waals surface area contributed by atoms with Crippen LogP contribution >= 0.6 is 0 Å². The average molecular weight is 250 g/mol. The van der Waals surface area contributed by atoms with E-state index >= 15 is 0 Å². The summed E-state index contributed by atoms with van der Waals surface area (Å²) >= 11 is 0. The Morgan fingerprint density at radius 1 is 1.56 bits per heavy atom. The first-order valence-electron chi connectivity index (χ1n) is 4.77. The fraction of sp³-hybridized carbons (Fsp3) is 0.154. The maximum Gasteiger partial charge on any atom is 0.337 e. The lowest BCUT2D eigenvalue weighted by Gasteiger charge is -2.09. The van der Waals surface area contributed by atoms with Gasteiger partial charge in [0.1, 0.15) is 6.61 Å². The number of rotatable bonds is 3. The molecule has 0 saturated carbocycles. The third-order valence-corrected chi connectivity index (χ3v) is 1.96. The van der Waals surface area contributed by atoms with Crippen LogP contribution in [-0.4, -0.2) is 17.7 Å². The van der Waals surface area contributed by atoms with Crippen molar-refractivity contribution in [3.8, 4) is 29.9 Å². The van der Waals surface area contributed by atoms with Crippen molar-refractivity contribution in [1.29, 1.82) is 0 Å². The van der Waals surface area contributed by atoms with Crippen molar-refractivity contribution < 1.29 is 23.4 Å². The Kier molecular flexibility index (Phi) is 4.28. The number of benzene rings is 1. The van der Waals surface area contributed by atoms with E-state index in [2.05, 4.69) is 17.8 Å². The molecule has 0 fully saturated rings. The van der Waals surface area contributed by atoms with Crippen molar-refractivity contribution in [2.45, 2.75) is 6.92 Å². The van der Waals surface area contributed by atoms with E-state index in [1.165, 1.54) is 6.92 Å². The van der Waals surface area contributed by atoms with Crippen LogP contribution in [0.15, 0.2) is 6.07 Å². The number of carboxylic acid groups (broad SMARTS) is 1. The molecule has 3 nitrogen and oxygen atoms in total. The van der Waals surface area contributed by atoms with Crippen LogP contribution in [0.25, 0.3) is 0 Å². The van der Waals surface area contributed by atoms with Gasteiger partial charge in [0, 0.05) is 0 Å². The lowest BCUT2D eigenvalue weighted by Crippen LogP contribution is -2.08. The second-order valence-electron chi connectivity index (χ2n) is 3.10. The van der Waals surface area contributed by atoms with Crippen LogP contribution in [0.3, 0.4) is 0 Å². The van der Waals surface area contributed by atoms with Gasteiger partial charge in [-0.15, -0.1) is 12.3 Å². The first kappa shape index (κ1) is 13.5. The van der Waals surface area contributed by atoms with Crippen LogP contribution in [-0.2, 0) is 0 Å². The highest BCUT2D eigenvalue weighted by Crippen LogP contribution is 2.27. The quantitative estimate of drug-likeness (QED) is 0.835.